The summed E-state index contributed by atoms with van der Waals surface area (Å²) < 4.78 is 5.76. The summed E-state index contributed by atoms with van der Waals surface area (Å²) >= 11 is 12.0. The van der Waals surface area contributed by atoms with Crippen molar-refractivity contribution < 1.29 is 4.74 Å². The molecule has 0 aliphatic heterocycles. The molecular weight excluding hydrogens is 317 g/mol. The van der Waals surface area contributed by atoms with Crippen molar-refractivity contribution in [3.8, 4) is 5.75 Å². The highest BCUT2D eigenvalue weighted by atomic mass is 35.5. The molecule has 2 aromatic carbocycles. The van der Waals surface area contributed by atoms with E-state index in [0.29, 0.717) is 22.6 Å². The number of hydrogen-bond donors (Lipinski definition) is 1. The first-order valence-corrected chi connectivity index (χ1v) is 8.16. The lowest BCUT2D eigenvalue weighted by atomic mass is 10.2. The summed E-state index contributed by atoms with van der Waals surface area (Å²) in [5.74, 6) is 1.49. The molecule has 0 saturated heterocycles. The van der Waals surface area contributed by atoms with Crippen molar-refractivity contribution in [2.45, 2.75) is 27.0 Å². The minimum absolute atomic E-state index is 0.431. The van der Waals surface area contributed by atoms with Crippen LogP contribution >= 0.6 is 23.2 Å². The third kappa shape index (κ3) is 5.53. The fourth-order valence-electron chi connectivity index (χ4n) is 2.01. The quantitative estimate of drug-likeness (QED) is 0.738. The molecule has 0 unspecified atom stereocenters. The molecule has 0 atom stereocenters. The Morgan fingerprint density at radius 1 is 1.05 bits per heavy atom. The van der Waals surface area contributed by atoms with Crippen LogP contribution in [-0.2, 0) is 13.2 Å². The van der Waals surface area contributed by atoms with E-state index in [2.05, 4.69) is 31.3 Å². The van der Waals surface area contributed by atoms with Crippen LogP contribution in [0.1, 0.15) is 25.0 Å². The van der Waals surface area contributed by atoms with Crippen LogP contribution in [0.15, 0.2) is 42.5 Å². The van der Waals surface area contributed by atoms with Crippen LogP contribution in [0.2, 0.25) is 10.0 Å². The van der Waals surface area contributed by atoms with E-state index in [0.717, 1.165) is 24.4 Å². The average Bonchev–Trinajstić information content (AvgIpc) is 2.47. The lowest BCUT2D eigenvalue weighted by Gasteiger charge is -2.10. The van der Waals surface area contributed by atoms with Gasteiger partial charge in [-0.15, -0.1) is 0 Å². The van der Waals surface area contributed by atoms with Crippen LogP contribution < -0.4 is 10.1 Å². The smallest absolute Gasteiger partial charge is 0.119 e. The molecule has 0 saturated carbocycles. The molecule has 1 N–H and O–H groups in total. The van der Waals surface area contributed by atoms with Gasteiger partial charge in [0, 0.05) is 22.2 Å². The molecule has 118 valence electrons. The molecule has 0 radical (unpaired) electrons. The molecule has 22 heavy (non-hydrogen) atoms. The van der Waals surface area contributed by atoms with Gasteiger partial charge < -0.3 is 10.1 Å². The van der Waals surface area contributed by atoms with Gasteiger partial charge in [0.25, 0.3) is 0 Å². The monoisotopic (exact) mass is 337 g/mol. The highest BCUT2D eigenvalue weighted by molar-refractivity contribution is 6.35. The Morgan fingerprint density at radius 2 is 1.77 bits per heavy atom. The van der Waals surface area contributed by atoms with E-state index in [1.807, 2.05) is 24.3 Å². The van der Waals surface area contributed by atoms with Crippen molar-refractivity contribution in [2.24, 2.45) is 5.92 Å². The van der Waals surface area contributed by atoms with Crippen molar-refractivity contribution in [1.29, 1.82) is 0 Å². The Labute approximate surface area is 142 Å². The standard InChI is InChI=1S/C18H21Cl2NO/c1-13(2)10-21-11-14-3-7-17(8-4-14)22-12-15-5-6-16(19)9-18(15)20/h3-9,13,21H,10-12H2,1-2H3. The molecular formula is C18H21Cl2NO. The van der Waals surface area contributed by atoms with Gasteiger partial charge in [0.2, 0.25) is 0 Å². The Morgan fingerprint density at radius 3 is 2.41 bits per heavy atom. The Balaban J connectivity index is 1.86. The number of benzene rings is 2. The highest BCUT2D eigenvalue weighted by Crippen LogP contribution is 2.22. The van der Waals surface area contributed by atoms with Gasteiger partial charge in [-0.2, -0.15) is 0 Å². The first-order valence-electron chi connectivity index (χ1n) is 7.41. The summed E-state index contributed by atoms with van der Waals surface area (Å²) in [5, 5.41) is 4.68. The second-order valence-corrected chi connectivity index (χ2v) is 6.54. The van der Waals surface area contributed by atoms with E-state index in [1.165, 1.54) is 5.56 Å². The summed E-state index contributed by atoms with van der Waals surface area (Å²) in [4.78, 5) is 0. The van der Waals surface area contributed by atoms with Crippen molar-refractivity contribution >= 4 is 23.2 Å². The molecule has 0 bridgehead atoms. The van der Waals surface area contributed by atoms with E-state index in [1.54, 1.807) is 6.07 Å². The predicted octanol–water partition coefficient (Wildman–Crippen LogP) is 5.32. The van der Waals surface area contributed by atoms with Gasteiger partial charge in [0.1, 0.15) is 12.4 Å². The number of halogens is 2. The molecule has 0 amide bonds. The van der Waals surface area contributed by atoms with E-state index < -0.39 is 0 Å². The van der Waals surface area contributed by atoms with Crippen molar-refractivity contribution in [3.05, 3.63) is 63.6 Å². The van der Waals surface area contributed by atoms with Crippen molar-refractivity contribution in [3.63, 3.8) is 0 Å². The van der Waals surface area contributed by atoms with Crippen LogP contribution in [0.4, 0.5) is 0 Å². The molecule has 0 aromatic heterocycles. The summed E-state index contributed by atoms with van der Waals surface area (Å²) in [7, 11) is 0. The topological polar surface area (TPSA) is 21.3 Å². The molecule has 4 heteroatoms. The molecule has 0 aliphatic carbocycles. The molecule has 0 spiro atoms. The van der Waals surface area contributed by atoms with Crippen molar-refractivity contribution in [2.75, 3.05) is 6.54 Å². The van der Waals surface area contributed by atoms with Crippen LogP contribution in [0.3, 0.4) is 0 Å². The fraction of sp³-hybridized carbons (Fsp3) is 0.333. The fourth-order valence-corrected chi connectivity index (χ4v) is 2.47. The second kappa shape index (κ2) is 8.42. The minimum atomic E-state index is 0.431. The SMILES string of the molecule is CC(C)CNCc1ccc(OCc2ccc(Cl)cc2Cl)cc1. The summed E-state index contributed by atoms with van der Waals surface area (Å²) in [6, 6.07) is 13.5. The van der Waals surface area contributed by atoms with Gasteiger partial charge >= 0.3 is 0 Å². The Hall–Kier alpha value is -1.22. The van der Waals surface area contributed by atoms with Crippen LogP contribution in [0.25, 0.3) is 0 Å². The van der Waals surface area contributed by atoms with Gasteiger partial charge in [-0.3, -0.25) is 0 Å². The van der Waals surface area contributed by atoms with E-state index in [-0.39, 0.29) is 0 Å². The van der Waals surface area contributed by atoms with E-state index in [4.69, 9.17) is 27.9 Å². The van der Waals surface area contributed by atoms with E-state index >= 15 is 0 Å². The minimum Gasteiger partial charge on any atom is -0.489 e. The number of hydrogen-bond acceptors (Lipinski definition) is 2. The Kier molecular flexibility index (Phi) is 6.56. The second-order valence-electron chi connectivity index (χ2n) is 5.69. The lowest BCUT2D eigenvalue weighted by Crippen LogP contribution is -2.18. The molecule has 2 rings (SSSR count). The maximum Gasteiger partial charge on any atom is 0.119 e. The molecule has 2 aromatic rings. The number of nitrogens with one attached hydrogen (secondary N) is 1. The lowest BCUT2D eigenvalue weighted by molar-refractivity contribution is 0.306. The summed E-state index contributed by atoms with van der Waals surface area (Å²) in [6.45, 7) is 6.73. The highest BCUT2D eigenvalue weighted by Gasteiger charge is 2.03. The zero-order chi connectivity index (χ0) is 15.9. The summed E-state index contributed by atoms with van der Waals surface area (Å²) in [5.41, 5.74) is 2.17. The zero-order valence-electron chi connectivity index (χ0n) is 12.9. The Bertz CT molecular complexity index is 597. The van der Waals surface area contributed by atoms with Gasteiger partial charge in [-0.25, -0.2) is 0 Å². The van der Waals surface area contributed by atoms with Gasteiger partial charge in [-0.1, -0.05) is 55.2 Å². The average molecular weight is 338 g/mol. The maximum atomic E-state index is 6.13. The van der Waals surface area contributed by atoms with Crippen LogP contribution in [0, 0.1) is 5.92 Å². The van der Waals surface area contributed by atoms with E-state index in [9.17, 15) is 0 Å². The first kappa shape index (κ1) is 17.1. The summed E-state index contributed by atoms with van der Waals surface area (Å²) in [6.07, 6.45) is 0. The zero-order valence-corrected chi connectivity index (χ0v) is 14.4. The van der Waals surface area contributed by atoms with Crippen molar-refractivity contribution in [1.82, 2.24) is 5.32 Å². The molecule has 0 heterocycles. The molecule has 2 nitrogen and oxygen atoms in total. The maximum absolute atomic E-state index is 6.13. The number of ether oxygens (including phenoxy) is 1. The third-order valence-corrected chi connectivity index (χ3v) is 3.80. The predicted molar refractivity (Wildman–Crippen MR) is 93.8 cm³/mol. The first-order chi connectivity index (χ1) is 10.5. The van der Waals surface area contributed by atoms with Crippen LogP contribution in [0.5, 0.6) is 5.75 Å². The van der Waals surface area contributed by atoms with Gasteiger partial charge in [-0.05, 0) is 42.3 Å². The normalized spacial score (nSPS) is 11.0. The van der Waals surface area contributed by atoms with Gasteiger partial charge in [0.05, 0.1) is 0 Å². The molecule has 0 aliphatic rings. The largest absolute Gasteiger partial charge is 0.489 e. The molecule has 0 fully saturated rings. The number of rotatable bonds is 7. The van der Waals surface area contributed by atoms with Crippen LogP contribution in [-0.4, -0.2) is 6.54 Å². The van der Waals surface area contributed by atoms with Gasteiger partial charge in [0.15, 0.2) is 0 Å². The third-order valence-electron chi connectivity index (χ3n) is 3.21.